The number of hydrogen-bond donors (Lipinski definition) is 1. The topological polar surface area (TPSA) is 21.3 Å². The summed E-state index contributed by atoms with van der Waals surface area (Å²) in [5.41, 5.74) is 2.69. The van der Waals surface area contributed by atoms with E-state index in [1.807, 2.05) is 0 Å². The van der Waals surface area contributed by atoms with Gasteiger partial charge in [-0.25, -0.2) is 0 Å². The summed E-state index contributed by atoms with van der Waals surface area (Å²) in [5.74, 6) is 0. The van der Waals surface area contributed by atoms with E-state index in [1.165, 1.54) is 11.1 Å². The summed E-state index contributed by atoms with van der Waals surface area (Å²) in [7, 11) is 1.72. The van der Waals surface area contributed by atoms with Gasteiger partial charge in [0.1, 0.15) is 0 Å². The lowest BCUT2D eigenvalue weighted by molar-refractivity contribution is 0.199. The average Bonchev–Trinajstić information content (AvgIpc) is 2.38. The van der Waals surface area contributed by atoms with E-state index in [-0.39, 0.29) is 0 Å². The number of benzene rings is 1. The summed E-state index contributed by atoms with van der Waals surface area (Å²) in [6, 6.07) is 8.68. The highest BCUT2D eigenvalue weighted by molar-refractivity contribution is 5.50. The van der Waals surface area contributed by atoms with Crippen LogP contribution in [-0.4, -0.2) is 26.8 Å². The first kappa shape index (κ1) is 13.9. The minimum absolute atomic E-state index is 0.780. The molecule has 17 heavy (non-hydrogen) atoms. The van der Waals surface area contributed by atoms with E-state index in [0.29, 0.717) is 0 Å². The van der Waals surface area contributed by atoms with Crippen LogP contribution in [-0.2, 0) is 11.2 Å². The third kappa shape index (κ3) is 6.25. The van der Waals surface area contributed by atoms with Gasteiger partial charge in [-0.1, -0.05) is 43.3 Å². The van der Waals surface area contributed by atoms with Crippen LogP contribution in [0, 0.1) is 0 Å². The number of ether oxygens (including phenoxy) is 1. The maximum Gasteiger partial charge on any atom is 0.0587 e. The number of methoxy groups -OCH3 is 1. The molecule has 0 aliphatic heterocycles. The van der Waals surface area contributed by atoms with Crippen molar-refractivity contribution in [1.29, 1.82) is 0 Å². The van der Waals surface area contributed by atoms with Gasteiger partial charge in [0.2, 0.25) is 0 Å². The Kier molecular flexibility index (Phi) is 7.35. The summed E-state index contributed by atoms with van der Waals surface area (Å²) >= 11 is 0. The molecule has 1 aromatic rings. The Hall–Kier alpha value is -1.12. The highest BCUT2D eigenvalue weighted by Gasteiger charge is 1.90. The van der Waals surface area contributed by atoms with E-state index in [9.17, 15) is 0 Å². The van der Waals surface area contributed by atoms with Crippen LogP contribution in [0.15, 0.2) is 30.3 Å². The summed E-state index contributed by atoms with van der Waals surface area (Å²) in [6.45, 7) is 4.90. The zero-order chi connectivity index (χ0) is 12.3. The quantitative estimate of drug-likeness (QED) is 0.697. The molecule has 0 saturated carbocycles. The molecular formula is C15H23NO. The van der Waals surface area contributed by atoms with Crippen LogP contribution in [0.4, 0.5) is 0 Å². The fourth-order valence-electron chi connectivity index (χ4n) is 1.62. The zero-order valence-electron chi connectivity index (χ0n) is 10.9. The number of hydrogen-bond acceptors (Lipinski definition) is 2. The second-order valence-corrected chi connectivity index (χ2v) is 4.03. The third-order valence-electron chi connectivity index (χ3n) is 2.64. The molecule has 1 aromatic carbocycles. The van der Waals surface area contributed by atoms with Crippen molar-refractivity contribution in [3.05, 3.63) is 41.5 Å². The Morgan fingerprint density at radius 2 is 2.18 bits per heavy atom. The smallest absolute Gasteiger partial charge is 0.0587 e. The molecule has 0 radical (unpaired) electrons. The minimum atomic E-state index is 0.780. The van der Waals surface area contributed by atoms with Crippen LogP contribution in [0.5, 0.6) is 0 Å². The Bertz CT molecular complexity index is 333. The maximum absolute atomic E-state index is 4.96. The monoisotopic (exact) mass is 233 g/mol. The summed E-state index contributed by atoms with van der Waals surface area (Å²) in [5, 5.41) is 3.32. The zero-order valence-corrected chi connectivity index (χ0v) is 10.9. The van der Waals surface area contributed by atoms with Crippen molar-refractivity contribution in [2.75, 3.05) is 26.8 Å². The highest BCUT2D eigenvalue weighted by atomic mass is 16.5. The van der Waals surface area contributed by atoms with Crippen molar-refractivity contribution < 1.29 is 4.74 Å². The van der Waals surface area contributed by atoms with E-state index in [0.717, 1.165) is 32.5 Å². The van der Waals surface area contributed by atoms with Crippen LogP contribution >= 0.6 is 0 Å². The molecular weight excluding hydrogens is 210 g/mol. The van der Waals surface area contributed by atoms with E-state index < -0.39 is 0 Å². The van der Waals surface area contributed by atoms with Crippen LogP contribution in [0.2, 0.25) is 0 Å². The minimum Gasteiger partial charge on any atom is -0.383 e. The Balaban J connectivity index is 2.23. The standard InChI is InChI=1S/C15H23NO/c1-3-14-8-6-9-15(13-14)7-4-5-10-16-11-12-17-2/h4,6-9,13,16H,3,5,10-12H2,1-2H3/b7-4+. The van der Waals surface area contributed by atoms with Gasteiger partial charge in [0.15, 0.2) is 0 Å². The van der Waals surface area contributed by atoms with E-state index >= 15 is 0 Å². The van der Waals surface area contributed by atoms with Gasteiger partial charge >= 0.3 is 0 Å². The Morgan fingerprint density at radius 3 is 2.94 bits per heavy atom. The fourth-order valence-corrected chi connectivity index (χ4v) is 1.62. The van der Waals surface area contributed by atoms with Crippen molar-refractivity contribution in [2.45, 2.75) is 19.8 Å². The van der Waals surface area contributed by atoms with Gasteiger partial charge in [-0.3, -0.25) is 0 Å². The summed E-state index contributed by atoms with van der Waals surface area (Å²) in [4.78, 5) is 0. The molecule has 0 atom stereocenters. The lowest BCUT2D eigenvalue weighted by atomic mass is 10.1. The maximum atomic E-state index is 4.96. The summed E-state index contributed by atoms with van der Waals surface area (Å²) in [6.07, 6.45) is 6.56. The van der Waals surface area contributed by atoms with Crippen LogP contribution < -0.4 is 5.32 Å². The number of nitrogens with one attached hydrogen (secondary N) is 1. The molecule has 0 amide bonds. The molecule has 94 valence electrons. The molecule has 0 saturated heterocycles. The van der Waals surface area contributed by atoms with Gasteiger partial charge in [0.05, 0.1) is 6.61 Å². The molecule has 0 heterocycles. The average molecular weight is 233 g/mol. The first-order chi connectivity index (χ1) is 8.36. The van der Waals surface area contributed by atoms with Gasteiger partial charge in [0, 0.05) is 13.7 Å². The number of rotatable bonds is 8. The predicted molar refractivity (Wildman–Crippen MR) is 74.2 cm³/mol. The number of aryl methyl sites for hydroxylation is 1. The van der Waals surface area contributed by atoms with Gasteiger partial charge in [-0.15, -0.1) is 0 Å². The molecule has 0 aliphatic rings. The predicted octanol–water partition coefficient (Wildman–Crippen LogP) is 2.89. The van der Waals surface area contributed by atoms with E-state index in [2.05, 4.69) is 48.7 Å². The third-order valence-corrected chi connectivity index (χ3v) is 2.64. The Morgan fingerprint density at radius 1 is 1.29 bits per heavy atom. The molecule has 0 aromatic heterocycles. The molecule has 0 unspecified atom stereocenters. The largest absolute Gasteiger partial charge is 0.383 e. The van der Waals surface area contributed by atoms with Crippen molar-refractivity contribution in [1.82, 2.24) is 5.32 Å². The second-order valence-electron chi connectivity index (χ2n) is 4.03. The lowest BCUT2D eigenvalue weighted by Gasteiger charge is -2.01. The highest BCUT2D eigenvalue weighted by Crippen LogP contribution is 2.07. The van der Waals surface area contributed by atoms with Gasteiger partial charge in [-0.05, 0) is 30.5 Å². The molecule has 0 fully saturated rings. The molecule has 0 spiro atoms. The fraction of sp³-hybridized carbons (Fsp3) is 0.467. The Labute approximate surface area is 105 Å². The first-order valence-electron chi connectivity index (χ1n) is 6.32. The molecule has 1 rings (SSSR count). The van der Waals surface area contributed by atoms with Crippen molar-refractivity contribution >= 4 is 6.08 Å². The molecule has 2 heteroatoms. The second kappa shape index (κ2) is 8.97. The molecule has 2 nitrogen and oxygen atoms in total. The van der Waals surface area contributed by atoms with Gasteiger partial charge in [-0.2, -0.15) is 0 Å². The van der Waals surface area contributed by atoms with E-state index in [1.54, 1.807) is 7.11 Å². The van der Waals surface area contributed by atoms with Crippen molar-refractivity contribution in [3.63, 3.8) is 0 Å². The van der Waals surface area contributed by atoms with Crippen molar-refractivity contribution in [2.24, 2.45) is 0 Å². The summed E-state index contributed by atoms with van der Waals surface area (Å²) < 4.78 is 4.96. The van der Waals surface area contributed by atoms with E-state index in [4.69, 9.17) is 4.74 Å². The van der Waals surface area contributed by atoms with Crippen LogP contribution in [0.3, 0.4) is 0 Å². The molecule has 0 aliphatic carbocycles. The normalized spacial score (nSPS) is 11.2. The van der Waals surface area contributed by atoms with Crippen molar-refractivity contribution in [3.8, 4) is 0 Å². The molecule has 0 bridgehead atoms. The van der Waals surface area contributed by atoms with Crippen LogP contribution in [0.25, 0.3) is 6.08 Å². The first-order valence-corrected chi connectivity index (χ1v) is 6.32. The molecule has 1 N–H and O–H groups in total. The van der Waals surface area contributed by atoms with Gasteiger partial charge in [0.25, 0.3) is 0 Å². The van der Waals surface area contributed by atoms with Gasteiger partial charge < -0.3 is 10.1 Å². The SMILES string of the molecule is CCc1cccc(/C=C/CCNCCOC)c1. The lowest BCUT2D eigenvalue weighted by Crippen LogP contribution is -2.19. The van der Waals surface area contributed by atoms with Crippen LogP contribution in [0.1, 0.15) is 24.5 Å².